The number of rotatable bonds is 1. The number of benzene rings is 1. The summed E-state index contributed by atoms with van der Waals surface area (Å²) in [5.74, 6) is 0.627. The van der Waals surface area contributed by atoms with E-state index in [0.29, 0.717) is 16.9 Å². The standard InChI is InChI=1S/C18H19N5O2/c1-9-6-10(2)8-13(7-9)22-11(3)12(4)23-14-15(19-17(22)23)21(5)18(25)20-16(14)24/h6-8H,1-5H3,(H,20,24,25). The van der Waals surface area contributed by atoms with E-state index < -0.39 is 11.2 Å². The molecule has 1 N–H and O–H groups in total. The van der Waals surface area contributed by atoms with Crippen LogP contribution in [-0.2, 0) is 7.05 Å². The van der Waals surface area contributed by atoms with Crippen LogP contribution in [-0.4, -0.2) is 23.5 Å². The number of aromatic amines is 1. The smallest absolute Gasteiger partial charge is 0.283 e. The quantitative estimate of drug-likeness (QED) is 0.576. The van der Waals surface area contributed by atoms with Gasteiger partial charge in [-0.2, -0.15) is 4.98 Å². The molecule has 0 spiro atoms. The van der Waals surface area contributed by atoms with Crippen LogP contribution in [0.15, 0.2) is 27.8 Å². The summed E-state index contributed by atoms with van der Waals surface area (Å²) in [6, 6.07) is 6.28. The van der Waals surface area contributed by atoms with E-state index in [4.69, 9.17) is 0 Å². The van der Waals surface area contributed by atoms with Gasteiger partial charge in [-0.15, -0.1) is 0 Å². The first kappa shape index (κ1) is 15.4. The van der Waals surface area contributed by atoms with E-state index in [1.165, 1.54) is 4.57 Å². The van der Waals surface area contributed by atoms with E-state index >= 15 is 0 Å². The molecule has 128 valence electrons. The Balaban J connectivity index is 2.24. The molecule has 4 aromatic rings. The lowest BCUT2D eigenvalue weighted by molar-refractivity contribution is 0.830. The lowest BCUT2D eigenvalue weighted by atomic mass is 10.1. The number of aromatic nitrogens is 5. The average molecular weight is 337 g/mol. The maximum absolute atomic E-state index is 12.4. The van der Waals surface area contributed by atoms with Gasteiger partial charge in [-0.05, 0) is 51.0 Å². The van der Waals surface area contributed by atoms with Gasteiger partial charge in [-0.25, -0.2) is 4.79 Å². The molecule has 0 unspecified atom stereocenters. The number of H-pyrrole nitrogens is 1. The topological polar surface area (TPSA) is 77.1 Å². The van der Waals surface area contributed by atoms with Gasteiger partial charge in [0.1, 0.15) is 0 Å². The third kappa shape index (κ3) is 2.02. The molecule has 0 atom stereocenters. The summed E-state index contributed by atoms with van der Waals surface area (Å²) < 4.78 is 5.21. The van der Waals surface area contributed by atoms with E-state index in [0.717, 1.165) is 28.2 Å². The van der Waals surface area contributed by atoms with Gasteiger partial charge in [0.15, 0.2) is 11.2 Å². The Kier molecular flexibility index (Phi) is 3.06. The van der Waals surface area contributed by atoms with Gasteiger partial charge in [0, 0.05) is 24.1 Å². The summed E-state index contributed by atoms with van der Waals surface area (Å²) in [6.07, 6.45) is 0. The largest absolute Gasteiger partial charge is 0.329 e. The van der Waals surface area contributed by atoms with Crippen LogP contribution in [0.5, 0.6) is 0 Å². The number of nitrogens with zero attached hydrogens (tertiary/aromatic N) is 4. The molecule has 1 aromatic carbocycles. The highest BCUT2D eigenvalue weighted by atomic mass is 16.2. The van der Waals surface area contributed by atoms with E-state index in [9.17, 15) is 9.59 Å². The first-order valence-electron chi connectivity index (χ1n) is 8.07. The van der Waals surface area contributed by atoms with Crippen LogP contribution in [0, 0.1) is 27.7 Å². The molecule has 0 amide bonds. The summed E-state index contributed by atoms with van der Waals surface area (Å²) in [5, 5.41) is 0. The number of fused-ring (bicyclic) bond motifs is 3. The molecule has 7 nitrogen and oxygen atoms in total. The van der Waals surface area contributed by atoms with Gasteiger partial charge in [0.05, 0.1) is 0 Å². The zero-order chi connectivity index (χ0) is 18.0. The number of imidazole rings is 2. The molecule has 0 saturated heterocycles. The zero-order valence-electron chi connectivity index (χ0n) is 14.8. The molecule has 0 bridgehead atoms. The highest BCUT2D eigenvalue weighted by molar-refractivity contribution is 5.77. The molecule has 0 aliphatic carbocycles. The van der Waals surface area contributed by atoms with Crippen LogP contribution in [0.25, 0.3) is 22.6 Å². The van der Waals surface area contributed by atoms with Crippen LogP contribution < -0.4 is 11.2 Å². The molecule has 0 aliphatic heterocycles. The van der Waals surface area contributed by atoms with Crippen molar-refractivity contribution in [1.29, 1.82) is 0 Å². The zero-order valence-corrected chi connectivity index (χ0v) is 14.8. The van der Waals surface area contributed by atoms with Gasteiger partial charge in [-0.3, -0.25) is 23.3 Å². The predicted molar refractivity (Wildman–Crippen MR) is 96.8 cm³/mol. The van der Waals surface area contributed by atoms with Crippen LogP contribution in [0.3, 0.4) is 0 Å². The molecular formula is C18H19N5O2. The fourth-order valence-electron chi connectivity index (χ4n) is 3.50. The summed E-state index contributed by atoms with van der Waals surface area (Å²) >= 11 is 0. The lowest BCUT2D eigenvalue weighted by Gasteiger charge is -2.09. The summed E-state index contributed by atoms with van der Waals surface area (Å²) in [6.45, 7) is 8.06. The van der Waals surface area contributed by atoms with E-state index in [1.807, 2.05) is 22.8 Å². The first-order valence-corrected chi connectivity index (χ1v) is 8.07. The SMILES string of the molecule is Cc1cc(C)cc(-n2c(C)c(C)n3c4c(=O)[nH]c(=O)n(C)c4nc23)c1. The molecule has 0 radical (unpaired) electrons. The molecule has 7 heteroatoms. The fourth-order valence-corrected chi connectivity index (χ4v) is 3.50. The molecule has 4 rings (SSSR count). The molecule has 25 heavy (non-hydrogen) atoms. The van der Waals surface area contributed by atoms with Crippen molar-refractivity contribution < 1.29 is 0 Å². The second-order valence-corrected chi connectivity index (χ2v) is 6.59. The predicted octanol–water partition coefficient (Wildman–Crippen LogP) is 1.90. The second-order valence-electron chi connectivity index (χ2n) is 6.59. The monoisotopic (exact) mass is 337 g/mol. The number of hydrogen-bond acceptors (Lipinski definition) is 3. The van der Waals surface area contributed by atoms with Crippen molar-refractivity contribution >= 4 is 16.9 Å². The molecule has 0 saturated carbocycles. The van der Waals surface area contributed by atoms with Crippen molar-refractivity contribution in [3.05, 3.63) is 61.6 Å². The second kappa shape index (κ2) is 4.95. The Labute approximate surface area is 143 Å². The van der Waals surface area contributed by atoms with Crippen LogP contribution >= 0.6 is 0 Å². The van der Waals surface area contributed by atoms with Gasteiger partial charge in [0.2, 0.25) is 5.78 Å². The van der Waals surface area contributed by atoms with Crippen molar-refractivity contribution in [2.24, 2.45) is 7.05 Å². The Morgan fingerprint density at radius 3 is 2.24 bits per heavy atom. The maximum Gasteiger partial charge on any atom is 0.329 e. The van der Waals surface area contributed by atoms with Gasteiger partial charge >= 0.3 is 5.69 Å². The van der Waals surface area contributed by atoms with Crippen LogP contribution in [0.2, 0.25) is 0 Å². The fraction of sp³-hybridized carbons (Fsp3) is 0.278. The van der Waals surface area contributed by atoms with Crippen molar-refractivity contribution in [1.82, 2.24) is 23.5 Å². The Hall–Kier alpha value is -3.09. The number of aryl methyl sites for hydroxylation is 4. The van der Waals surface area contributed by atoms with E-state index in [-0.39, 0.29) is 0 Å². The van der Waals surface area contributed by atoms with Crippen LogP contribution in [0.1, 0.15) is 22.5 Å². The van der Waals surface area contributed by atoms with Crippen molar-refractivity contribution in [2.45, 2.75) is 27.7 Å². The van der Waals surface area contributed by atoms with Gasteiger partial charge in [-0.1, -0.05) is 6.07 Å². The van der Waals surface area contributed by atoms with Gasteiger partial charge in [0.25, 0.3) is 5.56 Å². The van der Waals surface area contributed by atoms with E-state index in [1.54, 1.807) is 7.05 Å². The van der Waals surface area contributed by atoms with Crippen molar-refractivity contribution in [3.8, 4) is 5.69 Å². The highest BCUT2D eigenvalue weighted by Gasteiger charge is 2.21. The first-order chi connectivity index (χ1) is 11.8. The molecule has 0 aliphatic rings. The van der Waals surface area contributed by atoms with Crippen LogP contribution in [0.4, 0.5) is 0 Å². The molecule has 3 heterocycles. The Morgan fingerprint density at radius 1 is 0.960 bits per heavy atom. The highest BCUT2D eigenvalue weighted by Crippen LogP contribution is 2.25. The number of nitrogens with one attached hydrogen (secondary N) is 1. The number of hydrogen-bond donors (Lipinski definition) is 1. The van der Waals surface area contributed by atoms with Gasteiger partial charge < -0.3 is 0 Å². The molecule has 0 fully saturated rings. The van der Waals surface area contributed by atoms with Crippen molar-refractivity contribution in [2.75, 3.05) is 0 Å². The Morgan fingerprint density at radius 2 is 1.60 bits per heavy atom. The average Bonchev–Trinajstić information content (AvgIpc) is 3.01. The minimum atomic E-state index is -0.467. The molecular weight excluding hydrogens is 318 g/mol. The molecule has 3 aromatic heterocycles. The van der Waals surface area contributed by atoms with Crippen molar-refractivity contribution in [3.63, 3.8) is 0 Å². The minimum absolute atomic E-state index is 0.380. The summed E-state index contributed by atoms with van der Waals surface area (Å²) in [5.41, 5.74) is 5.09. The Bertz CT molecular complexity index is 1260. The third-order valence-electron chi connectivity index (χ3n) is 4.76. The summed E-state index contributed by atoms with van der Waals surface area (Å²) in [4.78, 5) is 31.3. The third-order valence-corrected chi connectivity index (χ3v) is 4.76. The lowest BCUT2D eigenvalue weighted by Crippen LogP contribution is -2.28. The minimum Gasteiger partial charge on any atom is -0.283 e. The normalized spacial score (nSPS) is 11.7. The summed E-state index contributed by atoms with van der Waals surface area (Å²) in [7, 11) is 1.61. The van der Waals surface area contributed by atoms with E-state index in [2.05, 4.69) is 42.0 Å². The maximum atomic E-state index is 12.4.